The minimum atomic E-state index is -0.555. The van der Waals surface area contributed by atoms with Gasteiger partial charge >= 0.3 is 0 Å². The Morgan fingerprint density at radius 3 is 2.81 bits per heavy atom. The summed E-state index contributed by atoms with van der Waals surface area (Å²) in [5, 5.41) is 12.6. The summed E-state index contributed by atoms with van der Waals surface area (Å²) in [6.45, 7) is 1.07. The summed E-state index contributed by atoms with van der Waals surface area (Å²) >= 11 is 0. The molecule has 0 bridgehead atoms. The minimum Gasteiger partial charge on any atom is -0.486 e. The smallest absolute Gasteiger partial charge is 0.252 e. The standard InChI is InChI=1S/C11H14N2O3/c12-11(15)7-3-1-2-4-9(7)16-10-6-13-5-8(10)14/h1-4,8,10,13-14H,5-6H2,(H2,12,15). The lowest BCUT2D eigenvalue weighted by atomic mass is 10.2. The maximum atomic E-state index is 11.1. The average molecular weight is 222 g/mol. The molecule has 16 heavy (non-hydrogen) atoms. The molecule has 1 aliphatic rings. The van der Waals surface area contributed by atoms with Crippen LogP contribution in [-0.4, -0.2) is 36.3 Å². The van der Waals surface area contributed by atoms with E-state index in [0.29, 0.717) is 24.4 Å². The Kier molecular flexibility index (Phi) is 3.07. The molecule has 1 amide bonds. The fraction of sp³-hybridized carbons (Fsp3) is 0.364. The molecule has 0 radical (unpaired) electrons. The monoisotopic (exact) mass is 222 g/mol. The highest BCUT2D eigenvalue weighted by Crippen LogP contribution is 2.20. The van der Waals surface area contributed by atoms with Crippen molar-refractivity contribution in [1.82, 2.24) is 5.32 Å². The minimum absolute atomic E-state index is 0.333. The van der Waals surface area contributed by atoms with Crippen LogP contribution in [-0.2, 0) is 0 Å². The molecule has 2 rings (SSSR count). The second-order valence-corrected chi connectivity index (χ2v) is 3.74. The maximum Gasteiger partial charge on any atom is 0.252 e. The van der Waals surface area contributed by atoms with Gasteiger partial charge < -0.3 is 20.9 Å². The van der Waals surface area contributed by atoms with Crippen LogP contribution in [0.15, 0.2) is 24.3 Å². The first-order valence-corrected chi connectivity index (χ1v) is 5.13. The molecule has 1 aromatic rings. The van der Waals surface area contributed by atoms with Gasteiger partial charge in [0.05, 0.1) is 5.56 Å². The number of hydrogen-bond donors (Lipinski definition) is 3. The second-order valence-electron chi connectivity index (χ2n) is 3.74. The fourth-order valence-corrected chi connectivity index (χ4v) is 1.70. The first kappa shape index (κ1) is 10.9. The van der Waals surface area contributed by atoms with E-state index in [1.54, 1.807) is 24.3 Å². The highest BCUT2D eigenvalue weighted by molar-refractivity contribution is 5.95. The van der Waals surface area contributed by atoms with Crippen LogP contribution >= 0.6 is 0 Å². The molecule has 4 N–H and O–H groups in total. The predicted octanol–water partition coefficient (Wildman–Crippen LogP) is -0.503. The molecule has 5 heteroatoms. The van der Waals surface area contributed by atoms with Crippen LogP contribution in [0.4, 0.5) is 0 Å². The molecule has 0 aliphatic carbocycles. The highest BCUT2D eigenvalue weighted by Gasteiger charge is 2.27. The van der Waals surface area contributed by atoms with Crippen molar-refractivity contribution in [2.24, 2.45) is 5.73 Å². The zero-order valence-electron chi connectivity index (χ0n) is 8.72. The third kappa shape index (κ3) is 2.15. The number of amides is 1. The lowest BCUT2D eigenvalue weighted by Crippen LogP contribution is -2.30. The van der Waals surface area contributed by atoms with Gasteiger partial charge in [-0.05, 0) is 12.1 Å². The van der Waals surface area contributed by atoms with Crippen molar-refractivity contribution in [3.05, 3.63) is 29.8 Å². The SMILES string of the molecule is NC(=O)c1ccccc1OC1CNCC1O. The summed E-state index contributed by atoms with van der Waals surface area (Å²) in [6.07, 6.45) is -0.888. The number of nitrogens with one attached hydrogen (secondary N) is 1. The van der Waals surface area contributed by atoms with Crippen LogP contribution in [0.25, 0.3) is 0 Å². The Morgan fingerprint density at radius 1 is 1.44 bits per heavy atom. The van der Waals surface area contributed by atoms with E-state index in [-0.39, 0.29) is 6.10 Å². The average Bonchev–Trinajstić information content (AvgIpc) is 2.65. The molecule has 86 valence electrons. The van der Waals surface area contributed by atoms with Crippen molar-refractivity contribution in [1.29, 1.82) is 0 Å². The van der Waals surface area contributed by atoms with E-state index in [1.165, 1.54) is 0 Å². The molecule has 1 fully saturated rings. The first-order valence-electron chi connectivity index (χ1n) is 5.13. The quantitative estimate of drug-likeness (QED) is 0.643. The van der Waals surface area contributed by atoms with Gasteiger partial charge in [-0.25, -0.2) is 0 Å². The van der Waals surface area contributed by atoms with Crippen molar-refractivity contribution in [3.8, 4) is 5.75 Å². The lowest BCUT2D eigenvalue weighted by Gasteiger charge is -2.17. The summed E-state index contributed by atoms with van der Waals surface area (Å²) in [5.41, 5.74) is 5.56. The van der Waals surface area contributed by atoms with Gasteiger partial charge in [-0.15, -0.1) is 0 Å². The van der Waals surface area contributed by atoms with E-state index >= 15 is 0 Å². The van der Waals surface area contributed by atoms with Crippen molar-refractivity contribution < 1.29 is 14.6 Å². The van der Waals surface area contributed by atoms with E-state index in [0.717, 1.165) is 0 Å². The van der Waals surface area contributed by atoms with Gasteiger partial charge in [0.2, 0.25) is 0 Å². The third-order valence-corrected chi connectivity index (χ3v) is 2.56. The van der Waals surface area contributed by atoms with Gasteiger partial charge in [0, 0.05) is 13.1 Å². The van der Waals surface area contributed by atoms with E-state index in [1.807, 2.05) is 0 Å². The summed E-state index contributed by atoms with van der Waals surface area (Å²) in [5.74, 6) is -0.112. The van der Waals surface area contributed by atoms with Crippen LogP contribution in [0.3, 0.4) is 0 Å². The van der Waals surface area contributed by atoms with Crippen LogP contribution in [0, 0.1) is 0 Å². The van der Waals surface area contributed by atoms with Gasteiger partial charge in [0.25, 0.3) is 5.91 Å². The summed E-state index contributed by atoms with van der Waals surface area (Å²) in [6, 6.07) is 6.75. The number of rotatable bonds is 3. The Morgan fingerprint density at radius 2 is 2.19 bits per heavy atom. The molecule has 0 saturated carbocycles. The van der Waals surface area contributed by atoms with Crippen LogP contribution in [0.2, 0.25) is 0 Å². The molecule has 1 heterocycles. The molecule has 2 atom stereocenters. The second kappa shape index (κ2) is 4.51. The molecular formula is C11H14N2O3. The van der Waals surface area contributed by atoms with Gasteiger partial charge in [-0.2, -0.15) is 0 Å². The molecule has 5 nitrogen and oxygen atoms in total. The number of hydrogen-bond acceptors (Lipinski definition) is 4. The Hall–Kier alpha value is -1.59. The van der Waals surface area contributed by atoms with Crippen LogP contribution < -0.4 is 15.8 Å². The molecule has 1 aromatic carbocycles. The number of primary amides is 1. The van der Waals surface area contributed by atoms with Crippen molar-refractivity contribution >= 4 is 5.91 Å². The number of β-amino-alcohol motifs (C(OH)–C–C–N with tert-alkyl or cyclic N) is 1. The number of para-hydroxylation sites is 1. The largest absolute Gasteiger partial charge is 0.486 e. The molecule has 0 spiro atoms. The number of carbonyl (C=O) groups excluding carboxylic acids is 1. The third-order valence-electron chi connectivity index (χ3n) is 2.56. The fourth-order valence-electron chi connectivity index (χ4n) is 1.70. The van der Waals surface area contributed by atoms with E-state index in [9.17, 15) is 9.90 Å². The summed E-state index contributed by atoms with van der Waals surface area (Å²) in [4.78, 5) is 11.1. The number of benzene rings is 1. The summed E-state index contributed by atoms with van der Waals surface area (Å²) < 4.78 is 5.57. The number of aliphatic hydroxyl groups excluding tert-OH is 1. The zero-order valence-corrected chi connectivity index (χ0v) is 8.72. The maximum absolute atomic E-state index is 11.1. The predicted molar refractivity (Wildman–Crippen MR) is 58.3 cm³/mol. The van der Waals surface area contributed by atoms with Crippen molar-refractivity contribution in [2.45, 2.75) is 12.2 Å². The molecule has 2 unspecified atom stereocenters. The lowest BCUT2D eigenvalue weighted by molar-refractivity contribution is 0.0721. The summed E-state index contributed by atoms with van der Waals surface area (Å²) in [7, 11) is 0. The van der Waals surface area contributed by atoms with E-state index in [4.69, 9.17) is 10.5 Å². The molecular weight excluding hydrogens is 208 g/mol. The molecule has 0 aromatic heterocycles. The van der Waals surface area contributed by atoms with Gasteiger partial charge in [-0.1, -0.05) is 12.1 Å². The van der Waals surface area contributed by atoms with Crippen LogP contribution in [0.1, 0.15) is 10.4 Å². The first-order chi connectivity index (χ1) is 7.68. The molecule has 1 saturated heterocycles. The Labute approximate surface area is 93.2 Å². The zero-order chi connectivity index (χ0) is 11.5. The topological polar surface area (TPSA) is 84.6 Å². The number of nitrogens with two attached hydrogens (primary N) is 1. The van der Waals surface area contributed by atoms with Crippen molar-refractivity contribution in [3.63, 3.8) is 0 Å². The Balaban J connectivity index is 2.17. The van der Waals surface area contributed by atoms with E-state index in [2.05, 4.69) is 5.32 Å². The Bertz CT molecular complexity index is 395. The van der Waals surface area contributed by atoms with Crippen LogP contribution in [0.5, 0.6) is 5.75 Å². The van der Waals surface area contributed by atoms with Crippen molar-refractivity contribution in [2.75, 3.05) is 13.1 Å². The highest BCUT2D eigenvalue weighted by atomic mass is 16.5. The molecule has 1 aliphatic heterocycles. The van der Waals surface area contributed by atoms with Gasteiger partial charge in [0.15, 0.2) is 0 Å². The number of aliphatic hydroxyl groups is 1. The normalized spacial score (nSPS) is 24.3. The van der Waals surface area contributed by atoms with Gasteiger partial charge in [0.1, 0.15) is 18.0 Å². The van der Waals surface area contributed by atoms with E-state index < -0.39 is 12.0 Å². The van der Waals surface area contributed by atoms with Gasteiger partial charge in [-0.3, -0.25) is 4.79 Å². The number of carbonyl (C=O) groups is 1. The number of ether oxygens (including phenoxy) is 1.